The topological polar surface area (TPSA) is 97.4 Å². The van der Waals surface area contributed by atoms with Crippen LogP contribution in [0.3, 0.4) is 0 Å². The Labute approximate surface area is 149 Å². The van der Waals surface area contributed by atoms with Crippen LogP contribution in [0.1, 0.15) is 35.5 Å². The third kappa shape index (κ3) is 5.39. The molecule has 0 atom stereocenters. The first-order valence-corrected chi connectivity index (χ1v) is 8.56. The number of benzene rings is 1. The molecule has 0 unspecified atom stereocenters. The maximum atomic E-state index is 12.3. The summed E-state index contributed by atoms with van der Waals surface area (Å²) in [7, 11) is 0. The van der Waals surface area contributed by atoms with Crippen LogP contribution in [0.2, 0.25) is 0 Å². The molecular weight excluding hydrogens is 342 g/mol. The van der Waals surface area contributed by atoms with E-state index in [9.17, 15) is 14.4 Å². The Hall–Kier alpha value is -2.74. The molecule has 1 aromatic carbocycles. The monoisotopic (exact) mass is 361 g/mol. The summed E-state index contributed by atoms with van der Waals surface area (Å²) >= 11 is 1.23. The van der Waals surface area contributed by atoms with Gasteiger partial charge in [0.1, 0.15) is 0 Å². The molecule has 0 saturated carbocycles. The largest absolute Gasteiger partial charge is 0.466 e. The number of aromatic nitrogens is 1. The van der Waals surface area contributed by atoms with Crippen molar-refractivity contribution in [3.8, 4) is 0 Å². The second-order valence-electron chi connectivity index (χ2n) is 5.29. The zero-order valence-electron chi connectivity index (χ0n) is 14.2. The van der Waals surface area contributed by atoms with Gasteiger partial charge in [0.2, 0.25) is 5.91 Å². The summed E-state index contributed by atoms with van der Waals surface area (Å²) in [5.41, 5.74) is 2.39. The Morgan fingerprint density at radius 1 is 1.24 bits per heavy atom. The van der Waals surface area contributed by atoms with Gasteiger partial charge in [-0.25, -0.2) is 4.98 Å². The molecule has 132 valence electrons. The van der Waals surface area contributed by atoms with E-state index in [1.165, 1.54) is 18.3 Å². The summed E-state index contributed by atoms with van der Waals surface area (Å²) in [4.78, 5) is 39.2. The van der Waals surface area contributed by atoms with Gasteiger partial charge >= 0.3 is 5.97 Å². The van der Waals surface area contributed by atoms with Crippen LogP contribution >= 0.6 is 11.3 Å². The summed E-state index contributed by atoms with van der Waals surface area (Å²) in [6, 6.07) is 5.04. The molecule has 0 aliphatic carbocycles. The van der Waals surface area contributed by atoms with Crippen LogP contribution in [-0.4, -0.2) is 29.4 Å². The first kappa shape index (κ1) is 18.6. The van der Waals surface area contributed by atoms with Crippen molar-refractivity contribution in [3.63, 3.8) is 0 Å². The Morgan fingerprint density at radius 3 is 2.68 bits per heavy atom. The number of amides is 2. The van der Waals surface area contributed by atoms with E-state index in [2.05, 4.69) is 15.6 Å². The van der Waals surface area contributed by atoms with Crippen molar-refractivity contribution in [1.82, 2.24) is 4.98 Å². The summed E-state index contributed by atoms with van der Waals surface area (Å²) < 4.78 is 4.87. The molecule has 2 N–H and O–H groups in total. The quantitative estimate of drug-likeness (QED) is 0.771. The lowest BCUT2D eigenvalue weighted by Gasteiger charge is -2.09. The number of anilines is 2. The van der Waals surface area contributed by atoms with Gasteiger partial charge in [0, 0.05) is 23.6 Å². The number of rotatable bonds is 6. The summed E-state index contributed by atoms with van der Waals surface area (Å²) in [6.45, 7) is 5.31. The molecule has 8 heteroatoms. The minimum absolute atomic E-state index is 0.0669. The highest BCUT2D eigenvalue weighted by atomic mass is 32.1. The average molecular weight is 361 g/mol. The normalized spacial score (nSPS) is 10.2. The third-order valence-electron chi connectivity index (χ3n) is 3.21. The Balaban J connectivity index is 2.06. The highest BCUT2D eigenvalue weighted by Gasteiger charge is 2.13. The fraction of sp³-hybridized carbons (Fsp3) is 0.294. The van der Waals surface area contributed by atoms with Crippen molar-refractivity contribution in [2.45, 2.75) is 27.2 Å². The minimum atomic E-state index is -0.357. The molecule has 0 spiro atoms. The van der Waals surface area contributed by atoms with Crippen molar-refractivity contribution in [2.24, 2.45) is 0 Å². The van der Waals surface area contributed by atoms with Gasteiger partial charge in [-0.2, -0.15) is 0 Å². The molecule has 2 amide bonds. The summed E-state index contributed by atoms with van der Waals surface area (Å²) in [5.74, 6) is -0.906. The second kappa shape index (κ2) is 8.39. The number of hydrogen-bond acceptors (Lipinski definition) is 6. The van der Waals surface area contributed by atoms with Gasteiger partial charge in [0.25, 0.3) is 5.91 Å². The van der Waals surface area contributed by atoms with Crippen molar-refractivity contribution < 1.29 is 19.1 Å². The van der Waals surface area contributed by atoms with Crippen LogP contribution in [0.25, 0.3) is 0 Å². The highest BCUT2D eigenvalue weighted by Crippen LogP contribution is 2.20. The first-order valence-electron chi connectivity index (χ1n) is 7.68. The molecule has 0 saturated heterocycles. The lowest BCUT2D eigenvalue weighted by atomic mass is 10.1. The Bertz CT molecular complexity index is 801. The minimum Gasteiger partial charge on any atom is -0.466 e. The lowest BCUT2D eigenvalue weighted by Crippen LogP contribution is -2.14. The molecule has 0 radical (unpaired) electrons. The average Bonchev–Trinajstić information content (AvgIpc) is 2.96. The van der Waals surface area contributed by atoms with E-state index in [4.69, 9.17) is 4.74 Å². The standard InChI is InChI=1S/C17H19N3O4S/c1-4-24-15(22)8-13-9-25-17(19-13)20-16(23)12-6-5-10(2)14(7-12)18-11(3)21/h5-7,9H,4,8H2,1-3H3,(H,18,21)(H,19,20,23). The van der Waals surface area contributed by atoms with Crippen molar-refractivity contribution in [2.75, 3.05) is 17.2 Å². The molecular formula is C17H19N3O4S. The van der Waals surface area contributed by atoms with Crippen LogP contribution in [0.5, 0.6) is 0 Å². The van der Waals surface area contributed by atoms with Gasteiger partial charge < -0.3 is 10.1 Å². The number of ether oxygens (including phenoxy) is 1. The Morgan fingerprint density at radius 2 is 2.00 bits per heavy atom. The van der Waals surface area contributed by atoms with Gasteiger partial charge in [0.05, 0.1) is 18.7 Å². The van der Waals surface area contributed by atoms with Crippen molar-refractivity contribution >= 4 is 39.9 Å². The first-order chi connectivity index (χ1) is 11.9. The zero-order chi connectivity index (χ0) is 18.4. The van der Waals surface area contributed by atoms with Crippen LogP contribution in [0.15, 0.2) is 23.6 Å². The van der Waals surface area contributed by atoms with Crippen molar-refractivity contribution in [1.29, 1.82) is 0 Å². The van der Waals surface area contributed by atoms with E-state index in [0.29, 0.717) is 28.7 Å². The fourth-order valence-corrected chi connectivity index (χ4v) is 2.77. The van der Waals surface area contributed by atoms with Gasteiger partial charge in [0.15, 0.2) is 5.13 Å². The Kier molecular flexibility index (Phi) is 6.24. The maximum absolute atomic E-state index is 12.3. The van der Waals surface area contributed by atoms with E-state index in [1.54, 1.807) is 30.5 Å². The predicted molar refractivity (Wildman–Crippen MR) is 95.9 cm³/mol. The van der Waals surface area contributed by atoms with Gasteiger partial charge in [-0.3, -0.25) is 19.7 Å². The molecule has 2 rings (SSSR count). The van der Waals surface area contributed by atoms with E-state index in [-0.39, 0.29) is 24.2 Å². The molecule has 0 fully saturated rings. The maximum Gasteiger partial charge on any atom is 0.311 e. The fourth-order valence-electron chi connectivity index (χ4n) is 2.06. The van der Waals surface area contributed by atoms with E-state index in [0.717, 1.165) is 5.56 Å². The van der Waals surface area contributed by atoms with Crippen molar-refractivity contribution in [3.05, 3.63) is 40.4 Å². The number of aryl methyl sites for hydroxylation is 1. The van der Waals surface area contributed by atoms with E-state index >= 15 is 0 Å². The number of thiazole rings is 1. The third-order valence-corrected chi connectivity index (χ3v) is 4.02. The molecule has 25 heavy (non-hydrogen) atoms. The number of carbonyl (C=O) groups excluding carboxylic acids is 3. The lowest BCUT2D eigenvalue weighted by molar-refractivity contribution is -0.142. The highest BCUT2D eigenvalue weighted by molar-refractivity contribution is 7.14. The SMILES string of the molecule is CCOC(=O)Cc1csc(NC(=O)c2ccc(C)c(NC(C)=O)c2)n1. The van der Waals surface area contributed by atoms with Gasteiger partial charge in [-0.15, -0.1) is 11.3 Å². The van der Waals surface area contributed by atoms with Crippen LogP contribution in [-0.2, 0) is 20.7 Å². The molecule has 7 nitrogen and oxygen atoms in total. The second-order valence-corrected chi connectivity index (χ2v) is 6.15. The number of nitrogens with one attached hydrogen (secondary N) is 2. The number of esters is 1. The van der Waals surface area contributed by atoms with Crippen LogP contribution in [0, 0.1) is 6.92 Å². The zero-order valence-corrected chi connectivity index (χ0v) is 15.0. The van der Waals surface area contributed by atoms with Crippen LogP contribution < -0.4 is 10.6 Å². The smallest absolute Gasteiger partial charge is 0.311 e. The molecule has 0 bridgehead atoms. The molecule has 0 aliphatic rings. The van der Waals surface area contributed by atoms with Crippen LogP contribution in [0.4, 0.5) is 10.8 Å². The van der Waals surface area contributed by atoms with Gasteiger partial charge in [-0.05, 0) is 31.5 Å². The van der Waals surface area contributed by atoms with E-state index in [1.807, 2.05) is 6.92 Å². The number of carbonyl (C=O) groups is 3. The predicted octanol–water partition coefficient (Wildman–Crippen LogP) is 2.77. The molecule has 2 aromatic rings. The number of hydrogen-bond donors (Lipinski definition) is 2. The number of nitrogens with zero attached hydrogens (tertiary/aromatic N) is 1. The summed E-state index contributed by atoms with van der Waals surface area (Å²) in [6.07, 6.45) is 0.0669. The van der Waals surface area contributed by atoms with E-state index < -0.39 is 0 Å². The van der Waals surface area contributed by atoms with Gasteiger partial charge in [-0.1, -0.05) is 6.07 Å². The molecule has 1 aromatic heterocycles. The molecule has 0 aliphatic heterocycles. The summed E-state index contributed by atoms with van der Waals surface area (Å²) in [5, 5.41) is 7.47. The molecule has 1 heterocycles.